The zero-order valence-electron chi connectivity index (χ0n) is 38.5. The number of hydrogen-bond acceptors (Lipinski definition) is 16. The van der Waals surface area contributed by atoms with Gasteiger partial charge in [0.15, 0.2) is 11.6 Å². The number of allylic oxidation sites excluding steroid dienone is 6. The van der Waals surface area contributed by atoms with Crippen LogP contribution in [-0.2, 0) is 22.6 Å². The van der Waals surface area contributed by atoms with Gasteiger partial charge in [0.05, 0.1) is 36.4 Å². The Labute approximate surface area is 409 Å². The first kappa shape index (κ1) is 47.4. The van der Waals surface area contributed by atoms with Crippen LogP contribution in [0.5, 0.6) is 5.75 Å². The van der Waals surface area contributed by atoms with E-state index in [1.165, 1.54) is 39.3 Å². The highest BCUT2D eigenvalue weighted by atomic mass is 33.1. The molecule has 14 nitrogen and oxygen atoms in total. The van der Waals surface area contributed by atoms with Crippen LogP contribution < -0.4 is 15.4 Å². The molecule has 0 unspecified atom stereocenters. The largest absolute Gasteiger partial charge is 0.511 e. The molecule has 1 saturated heterocycles. The molecule has 3 spiro atoms. The lowest BCUT2D eigenvalue weighted by atomic mass is 9.47. The van der Waals surface area contributed by atoms with Gasteiger partial charge in [-0.25, -0.2) is 0 Å². The molecule has 2 aromatic rings. The van der Waals surface area contributed by atoms with Gasteiger partial charge in [-0.2, -0.15) is 0 Å². The van der Waals surface area contributed by atoms with Gasteiger partial charge in [-0.05, 0) is 128 Å². The first-order valence-corrected chi connectivity index (χ1v) is 27.0. The summed E-state index contributed by atoms with van der Waals surface area (Å²) >= 11 is 0. The van der Waals surface area contributed by atoms with E-state index in [0.717, 1.165) is 61.8 Å². The summed E-state index contributed by atoms with van der Waals surface area (Å²) in [5.41, 5.74) is -2.88. The molecule has 3 aliphatic heterocycles. The zero-order valence-corrected chi connectivity index (χ0v) is 40.1. The summed E-state index contributed by atoms with van der Waals surface area (Å²) < 4.78 is 13.2. The molecule has 11 rings (SSSR count). The van der Waals surface area contributed by atoms with Crippen LogP contribution in [0.25, 0.3) is 0 Å². The number of hydrogen-bond donors (Lipinski definition) is 9. The molecular weight excluding hydrogens is 921 g/mol. The second kappa shape index (κ2) is 17.7. The fourth-order valence-corrected chi connectivity index (χ4v) is 18.0. The number of benzene rings is 2. The van der Waals surface area contributed by atoms with Crippen LogP contribution in [0.3, 0.4) is 0 Å². The standard InChI is InChI=1S/C53H62N2O12S2/c56-16-4-10-41-52-37(19-31(20-40(52)60)18-29-5-1-6-30(17-29)24-57)44(61)35-8-2-9-38(43(35)45(52)62)66-47-46(63)53(65)39(13-15-50(27-59,67-47)48(53)64)51-26-49(14-3-7-34(49)25-58)22-33(51)12-11-32-23-54-42(21-36(32)51)55-28-68-69-41/h1-2,5-6,8-9,17,19-21,25,33-34,37,39,41,46-48,54-57,59-60,63-65H,3-4,7,10-16,18,22-24,26-28H2/t33-,34-,37+,39-,41-,46-,47+,48+,49+,50+,51-,52-,53+/m0/s1. The normalized spacial score (nSPS) is 40.0. The van der Waals surface area contributed by atoms with Crippen LogP contribution in [0, 0.1) is 39.9 Å². The number of aldehydes is 1. The van der Waals surface area contributed by atoms with Crippen LogP contribution in [-0.4, -0.2) is 114 Å². The van der Waals surface area contributed by atoms with Crippen molar-refractivity contribution in [3.63, 3.8) is 0 Å². The van der Waals surface area contributed by atoms with Crippen LogP contribution in [0.2, 0.25) is 0 Å². The number of nitrogens with one attached hydrogen (secondary N) is 2. The van der Waals surface area contributed by atoms with Crippen molar-refractivity contribution in [2.24, 2.45) is 39.9 Å². The molecule has 0 amide bonds. The number of rotatable bonds is 8. The maximum atomic E-state index is 15.9. The molecule has 6 aliphatic carbocycles. The molecule has 69 heavy (non-hydrogen) atoms. The number of aliphatic hydroxyl groups excluding tert-OH is 6. The van der Waals surface area contributed by atoms with Gasteiger partial charge < -0.3 is 60.6 Å². The van der Waals surface area contributed by atoms with Crippen molar-refractivity contribution in [1.29, 1.82) is 0 Å². The van der Waals surface area contributed by atoms with Gasteiger partial charge in [0.1, 0.15) is 46.6 Å². The number of ketones is 2. The summed E-state index contributed by atoms with van der Waals surface area (Å²) in [6.07, 6.45) is 7.75. The SMILES string of the molecule is O=C[C@@H]1CCC[C@]12C[C@@H]1CCC3=C4C=C(NCSS[C@@H](CCCO)[C@]56C(=O)c7c(cccc7C(=O)[C@H]5C=C(Cc5cccc(CO)c5)C=C6O)O[C@@H]5O[C@@]6(CO)CC[C@@H]([C@]41C2)[C@](O)([C@@H]6O)[C@H]5O)NC3. The molecule has 0 aromatic heterocycles. The second-order valence-electron chi connectivity index (χ2n) is 21.3. The quantitative estimate of drug-likeness (QED) is 0.123. The van der Waals surface area contributed by atoms with Crippen molar-refractivity contribution in [3.8, 4) is 5.75 Å². The monoisotopic (exact) mass is 982 g/mol. The van der Waals surface area contributed by atoms with Crippen molar-refractivity contribution in [1.82, 2.24) is 10.6 Å². The molecule has 13 atom stereocenters. The molecule has 3 saturated carbocycles. The smallest absolute Gasteiger partial charge is 0.229 e. The van der Waals surface area contributed by atoms with Crippen LogP contribution in [0.1, 0.15) is 102 Å². The lowest BCUT2D eigenvalue weighted by Crippen LogP contribution is -2.79. The van der Waals surface area contributed by atoms with E-state index in [1.54, 1.807) is 24.3 Å². The zero-order chi connectivity index (χ0) is 48.1. The van der Waals surface area contributed by atoms with Gasteiger partial charge in [0.2, 0.25) is 6.29 Å². The van der Waals surface area contributed by atoms with Crippen molar-refractivity contribution < 1.29 is 59.6 Å². The second-order valence-corrected chi connectivity index (χ2v) is 23.8. The topological polar surface area (TPSA) is 235 Å². The minimum Gasteiger partial charge on any atom is -0.511 e. The third-order valence-electron chi connectivity index (χ3n) is 18.2. The third kappa shape index (κ3) is 6.89. The number of carbonyl (C=O) groups is 3. The van der Waals surface area contributed by atoms with E-state index in [0.29, 0.717) is 36.4 Å². The van der Waals surface area contributed by atoms with E-state index in [9.17, 15) is 40.5 Å². The first-order valence-electron chi connectivity index (χ1n) is 24.7. The van der Waals surface area contributed by atoms with Crippen molar-refractivity contribution in [3.05, 3.63) is 111 Å². The summed E-state index contributed by atoms with van der Waals surface area (Å²) in [5.74, 6) is -2.57. The minimum atomic E-state index is -2.33. The molecule has 7 bridgehead atoms. The van der Waals surface area contributed by atoms with Gasteiger partial charge in [-0.1, -0.05) is 70.5 Å². The molecule has 0 radical (unpaired) electrons. The highest BCUT2D eigenvalue weighted by molar-refractivity contribution is 8.76. The Kier molecular flexibility index (Phi) is 12.1. The van der Waals surface area contributed by atoms with Gasteiger partial charge in [-0.3, -0.25) is 9.59 Å². The number of dihydropyridines is 1. The first-order chi connectivity index (χ1) is 33.3. The minimum absolute atomic E-state index is 0.00196. The van der Waals surface area contributed by atoms with Crippen molar-refractivity contribution in [2.45, 2.75) is 119 Å². The molecule has 9 N–H and O–H groups in total. The molecule has 9 aliphatic rings. The molecule has 3 heterocycles. The summed E-state index contributed by atoms with van der Waals surface area (Å²) in [4.78, 5) is 44.1. The molecule has 16 heteroatoms. The van der Waals surface area contributed by atoms with Gasteiger partial charge >= 0.3 is 0 Å². The van der Waals surface area contributed by atoms with Gasteiger partial charge in [0.25, 0.3) is 0 Å². The maximum absolute atomic E-state index is 15.9. The predicted octanol–water partition coefficient (Wildman–Crippen LogP) is 5.11. The number of fused-ring (bicyclic) bond motifs is 2. The number of Topliss-reactive ketones (excluding diaryl/α,β-unsaturated/α-hetero) is 2. The Morgan fingerprint density at radius 3 is 2.59 bits per heavy atom. The van der Waals surface area contributed by atoms with E-state index in [1.807, 2.05) is 18.2 Å². The summed E-state index contributed by atoms with van der Waals surface area (Å²) in [6, 6.07) is 12.0. The maximum Gasteiger partial charge on any atom is 0.229 e. The van der Waals surface area contributed by atoms with E-state index in [2.05, 4.69) is 16.7 Å². The van der Waals surface area contributed by atoms with Gasteiger partial charge in [-0.15, -0.1) is 0 Å². The van der Waals surface area contributed by atoms with E-state index in [-0.39, 0.29) is 78.8 Å². The Bertz CT molecular complexity index is 2580. The fourth-order valence-electron chi connectivity index (χ4n) is 15.2. The molecule has 2 aromatic carbocycles. The molecular formula is C53H62N2O12S2. The summed E-state index contributed by atoms with van der Waals surface area (Å²) in [6.45, 7) is -0.561. The Morgan fingerprint density at radius 1 is 0.971 bits per heavy atom. The predicted molar refractivity (Wildman–Crippen MR) is 258 cm³/mol. The summed E-state index contributed by atoms with van der Waals surface area (Å²) in [5, 5.41) is 89.3. The average Bonchev–Trinajstić information content (AvgIpc) is 3.92. The van der Waals surface area contributed by atoms with Crippen molar-refractivity contribution >= 4 is 39.4 Å². The highest BCUT2D eigenvalue weighted by Crippen LogP contribution is 2.73. The molecule has 4 fully saturated rings. The summed E-state index contributed by atoms with van der Waals surface area (Å²) in [7, 11) is 2.79. The van der Waals surface area contributed by atoms with Crippen molar-refractivity contribution in [2.75, 3.05) is 25.6 Å². The van der Waals surface area contributed by atoms with Crippen LogP contribution >= 0.6 is 21.6 Å². The van der Waals surface area contributed by atoms with E-state index < -0.39 is 75.8 Å². The Morgan fingerprint density at radius 2 is 1.80 bits per heavy atom. The third-order valence-corrected chi connectivity index (χ3v) is 20.9. The number of aliphatic hydroxyl groups is 7. The lowest BCUT2D eigenvalue weighted by molar-refractivity contribution is -0.384. The number of ether oxygens (including phenoxy) is 2. The van der Waals surface area contributed by atoms with E-state index >= 15 is 9.59 Å². The number of carbonyl (C=O) groups excluding carboxylic acids is 3. The van der Waals surface area contributed by atoms with E-state index in [4.69, 9.17) is 9.47 Å². The average molecular weight is 983 g/mol. The Hall–Kier alpha value is -3.97. The molecule has 368 valence electrons. The fraction of sp³-hybridized carbons (Fsp3) is 0.566. The van der Waals surface area contributed by atoms with Gasteiger partial charge in [0, 0.05) is 41.2 Å². The highest BCUT2D eigenvalue weighted by Gasteiger charge is 2.75. The lowest BCUT2D eigenvalue weighted by Gasteiger charge is -2.64. The Balaban J connectivity index is 1.08. The van der Waals surface area contributed by atoms with Crippen LogP contribution in [0.15, 0.2) is 89.0 Å². The van der Waals surface area contributed by atoms with Crippen LogP contribution in [0.4, 0.5) is 0 Å².